The van der Waals surface area contributed by atoms with Gasteiger partial charge in [-0.05, 0) is 48.4 Å². The number of aliphatic hydroxyl groups excluding tert-OH is 1. The summed E-state index contributed by atoms with van der Waals surface area (Å²) in [6.07, 6.45) is 2.90. The Balaban J connectivity index is 1.90. The van der Waals surface area contributed by atoms with E-state index in [0.717, 1.165) is 12.1 Å². The van der Waals surface area contributed by atoms with Gasteiger partial charge in [-0.25, -0.2) is 0 Å². The first-order valence-corrected chi connectivity index (χ1v) is 7.55. The van der Waals surface area contributed by atoms with Crippen LogP contribution in [0.1, 0.15) is 49.0 Å². The van der Waals surface area contributed by atoms with Crippen LogP contribution in [-0.2, 0) is 0 Å². The molecule has 0 atom stereocenters. The molecule has 0 radical (unpaired) electrons. The molecule has 1 aliphatic rings. The van der Waals surface area contributed by atoms with Crippen molar-refractivity contribution in [3.63, 3.8) is 0 Å². The van der Waals surface area contributed by atoms with Crippen LogP contribution in [0, 0.1) is 23.2 Å². The smallest absolute Gasteiger partial charge is 0.251 e. The fraction of sp³-hybridized carbons (Fsp3) is 0.500. The van der Waals surface area contributed by atoms with Crippen LogP contribution in [-0.4, -0.2) is 24.2 Å². The van der Waals surface area contributed by atoms with Gasteiger partial charge in [-0.3, -0.25) is 4.79 Å². The van der Waals surface area contributed by atoms with Gasteiger partial charge in [-0.1, -0.05) is 25.7 Å². The Morgan fingerprint density at radius 1 is 1.33 bits per heavy atom. The van der Waals surface area contributed by atoms with Crippen LogP contribution in [0.2, 0.25) is 0 Å². The van der Waals surface area contributed by atoms with Gasteiger partial charge >= 0.3 is 0 Å². The van der Waals surface area contributed by atoms with Gasteiger partial charge in [-0.2, -0.15) is 0 Å². The Labute approximate surface area is 126 Å². The first kappa shape index (κ1) is 15.6. The normalized spacial score (nSPS) is 15.2. The molecule has 2 N–H and O–H groups in total. The summed E-state index contributed by atoms with van der Waals surface area (Å²) < 4.78 is 0. The second-order valence-corrected chi connectivity index (χ2v) is 6.05. The van der Waals surface area contributed by atoms with Crippen molar-refractivity contribution in [2.24, 2.45) is 11.3 Å². The fourth-order valence-electron chi connectivity index (χ4n) is 2.40. The van der Waals surface area contributed by atoms with Crippen molar-refractivity contribution in [2.45, 2.75) is 33.1 Å². The highest BCUT2D eigenvalue weighted by atomic mass is 16.2. The lowest BCUT2D eigenvalue weighted by atomic mass is 9.92. The molecule has 3 heteroatoms. The average Bonchev–Trinajstić information content (AvgIpc) is 3.27. The standard InChI is InChI=1S/C18H23NO2/c1-14(2)18(10-11-18)13-19-17(21)16-8-6-15(7-9-16)5-3-4-12-20/h6-9,14,20H,4,10-13H2,1-2H3,(H,19,21). The summed E-state index contributed by atoms with van der Waals surface area (Å²) in [5.74, 6) is 6.41. The lowest BCUT2D eigenvalue weighted by molar-refractivity contribution is 0.0940. The van der Waals surface area contributed by atoms with Gasteiger partial charge in [0.05, 0.1) is 6.61 Å². The number of hydrogen-bond donors (Lipinski definition) is 2. The van der Waals surface area contributed by atoms with Crippen LogP contribution >= 0.6 is 0 Å². The number of hydrogen-bond acceptors (Lipinski definition) is 2. The molecule has 112 valence electrons. The molecule has 1 saturated carbocycles. The molecule has 1 aromatic rings. The van der Waals surface area contributed by atoms with Crippen molar-refractivity contribution in [1.82, 2.24) is 5.32 Å². The summed E-state index contributed by atoms with van der Waals surface area (Å²) >= 11 is 0. The number of amides is 1. The Hall–Kier alpha value is -1.79. The van der Waals surface area contributed by atoms with E-state index < -0.39 is 0 Å². The van der Waals surface area contributed by atoms with E-state index in [-0.39, 0.29) is 12.5 Å². The average molecular weight is 285 g/mol. The molecule has 2 rings (SSSR count). The minimum absolute atomic E-state index is 0.0169. The maximum atomic E-state index is 12.1. The third-order valence-electron chi connectivity index (χ3n) is 4.33. The quantitative estimate of drug-likeness (QED) is 0.817. The molecule has 1 aromatic carbocycles. The summed E-state index contributed by atoms with van der Waals surface area (Å²) in [4.78, 5) is 12.1. The van der Waals surface area contributed by atoms with E-state index in [1.807, 2.05) is 12.1 Å². The zero-order valence-corrected chi connectivity index (χ0v) is 12.8. The molecule has 0 bridgehead atoms. The number of aliphatic hydroxyl groups is 1. The van der Waals surface area contributed by atoms with Crippen molar-refractivity contribution in [2.75, 3.05) is 13.2 Å². The second-order valence-electron chi connectivity index (χ2n) is 6.05. The van der Waals surface area contributed by atoms with Crippen LogP contribution in [0.5, 0.6) is 0 Å². The molecule has 0 aromatic heterocycles. The number of benzene rings is 1. The summed E-state index contributed by atoms with van der Waals surface area (Å²) in [5.41, 5.74) is 1.86. The molecule has 0 heterocycles. The summed E-state index contributed by atoms with van der Waals surface area (Å²) in [7, 11) is 0. The molecule has 0 unspecified atom stereocenters. The first-order valence-electron chi connectivity index (χ1n) is 7.55. The maximum absolute atomic E-state index is 12.1. The number of carbonyl (C=O) groups is 1. The van der Waals surface area contributed by atoms with E-state index in [1.54, 1.807) is 12.1 Å². The number of nitrogens with one attached hydrogen (secondary N) is 1. The molecule has 21 heavy (non-hydrogen) atoms. The highest BCUT2D eigenvalue weighted by molar-refractivity contribution is 5.94. The van der Waals surface area contributed by atoms with Gasteiger partial charge in [0.25, 0.3) is 5.91 Å². The maximum Gasteiger partial charge on any atom is 0.251 e. The molecular formula is C18H23NO2. The molecule has 1 amide bonds. The molecule has 1 fully saturated rings. The third kappa shape index (κ3) is 4.09. The van der Waals surface area contributed by atoms with Crippen molar-refractivity contribution >= 4 is 5.91 Å². The Morgan fingerprint density at radius 2 is 2.00 bits per heavy atom. The molecule has 3 nitrogen and oxygen atoms in total. The fourth-order valence-corrected chi connectivity index (χ4v) is 2.40. The van der Waals surface area contributed by atoms with Crippen LogP contribution in [0.4, 0.5) is 0 Å². The molecule has 1 aliphatic carbocycles. The third-order valence-corrected chi connectivity index (χ3v) is 4.33. The van der Waals surface area contributed by atoms with E-state index in [1.165, 1.54) is 12.8 Å². The predicted molar refractivity (Wildman–Crippen MR) is 83.9 cm³/mol. The minimum atomic E-state index is -0.0169. The molecule has 0 aliphatic heterocycles. The predicted octanol–water partition coefficient (Wildman–Crippen LogP) is 2.59. The van der Waals surface area contributed by atoms with Crippen LogP contribution in [0.3, 0.4) is 0 Å². The Bertz CT molecular complexity index is 545. The van der Waals surface area contributed by atoms with Crippen molar-refractivity contribution < 1.29 is 9.90 Å². The minimum Gasteiger partial charge on any atom is -0.395 e. The monoisotopic (exact) mass is 285 g/mol. The van der Waals surface area contributed by atoms with Crippen molar-refractivity contribution in [1.29, 1.82) is 0 Å². The van der Waals surface area contributed by atoms with Gasteiger partial charge < -0.3 is 10.4 Å². The van der Waals surface area contributed by atoms with Gasteiger partial charge in [-0.15, -0.1) is 0 Å². The summed E-state index contributed by atoms with van der Waals surface area (Å²) in [5, 5.41) is 11.7. The Kier molecular flexibility index (Phi) is 5.03. The SMILES string of the molecule is CC(C)C1(CNC(=O)c2ccc(C#CCCO)cc2)CC1. The van der Waals surface area contributed by atoms with E-state index in [9.17, 15) is 4.79 Å². The van der Waals surface area contributed by atoms with Gasteiger partial charge in [0.15, 0.2) is 0 Å². The topological polar surface area (TPSA) is 49.3 Å². The Morgan fingerprint density at radius 3 is 2.52 bits per heavy atom. The highest BCUT2D eigenvalue weighted by Crippen LogP contribution is 2.51. The summed E-state index contributed by atoms with van der Waals surface area (Å²) in [6.45, 7) is 5.28. The molecule has 0 spiro atoms. The highest BCUT2D eigenvalue weighted by Gasteiger charge is 2.45. The van der Waals surface area contributed by atoms with Crippen LogP contribution in [0.25, 0.3) is 0 Å². The number of carbonyl (C=O) groups excluding carboxylic acids is 1. The van der Waals surface area contributed by atoms with E-state index in [4.69, 9.17) is 5.11 Å². The van der Waals surface area contributed by atoms with Crippen LogP contribution < -0.4 is 5.32 Å². The zero-order valence-electron chi connectivity index (χ0n) is 12.8. The molecule has 0 saturated heterocycles. The first-order chi connectivity index (χ1) is 10.1. The number of rotatable bonds is 5. The zero-order chi connectivity index (χ0) is 15.3. The summed E-state index contributed by atoms with van der Waals surface area (Å²) in [6, 6.07) is 7.28. The molecular weight excluding hydrogens is 262 g/mol. The lowest BCUT2D eigenvalue weighted by Crippen LogP contribution is -2.32. The lowest BCUT2D eigenvalue weighted by Gasteiger charge is -2.20. The van der Waals surface area contributed by atoms with E-state index in [2.05, 4.69) is 31.0 Å². The largest absolute Gasteiger partial charge is 0.395 e. The second kappa shape index (κ2) is 6.78. The van der Waals surface area contributed by atoms with Gasteiger partial charge in [0.1, 0.15) is 0 Å². The van der Waals surface area contributed by atoms with Gasteiger partial charge in [0, 0.05) is 24.1 Å². The van der Waals surface area contributed by atoms with Crippen molar-refractivity contribution in [3.05, 3.63) is 35.4 Å². The van der Waals surface area contributed by atoms with Gasteiger partial charge in [0.2, 0.25) is 0 Å². The van der Waals surface area contributed by atoms with Crippen LogP contribution in [0.15, 0.2) is 24.3 Å². The van der Waals surface area contributed by atoms with E-state index >= 15 is 0 Å². The van der Waals surface area contributed by atoms with Crippen molar-refractivity contribution in [3.8, 4) is 11.8 Å². The van der Waals surface area contributed by atoms with E-state index in [0.29, 0.717) is 23.3 Å².